The molecule has 2 N–H and O–H groups in total. The van der Waals surface area contributed by atoms with Gasteiger partial charge in [0.05, 0.1) is 0 Å². The van der Waals surface area contributed by atoms with E-state index < -0.39 is 0 Å². The van der Waals surface area contributed by atoms with Gasteiger partial charge in [-0.1, -0.05) is 20.8 Å². The maximum absolute atomic E-state index is 12.2. The van der Waals surface area contributed by atoms with Gasteiger partial charge in [0.2, 0.25) is 5.91 Å². The molecule has 17 heavy (non-hydrogen) atoms. The second kappa shape index (κ2) is 5.21. The van der Waals surface area contributed by atoms with Gasteiger partial charge in [0.1, 0.15) is 0 Å². The fourth-order valence-corrected chi connectivity index (χ4v) is 1.71. The van der Waals surface area contributed by atoms with Crippen molar-refractivity contribution in [3.8, 4) is 0 Å². The zero-order valence-corrected chi connectivity index (χ0v) is 11.2. The molecule has 0 radical (unpaired) electrons. The third-order valence-electron chi connectivity index (χ3n) is 2.50. The zero-order chi connectivity index (χ0) is 13.1. The highest BCUT2D eigenvalue weighted by atomic mass is 16.2. The van der Waals surface area contributed by atoms with Crippen LogP contribution >= 0.6 is 0 Å². The lowest BCUT2D eigenvalue weighted by Crippen LogP contribution is -2.33. The van der Waals surface area contributed by atoms with E-state index in [2.05, 4.69) is 20.8 Å². The summed E-state index contributed by atoms with van der Waals surface area (Å²) in [4.78, 5) is 14.0. The largest absolute Gasteiger partial charge is 0.399 e. The third kappa shape index (κ3) is 4.10. The maximum atomic E-state index is 12.2. The van der Waals surface area contributed by atoms with Gasteiger partial charge in [-0.25, -0.2) is 0 Å². The monoisotopic (exact) mass is 234 g/mol. The van der Waals surface area contributed by atoms with Gasteiger partial charge in [-0.05, 0) is 36.6 Å². The number of rotatable bonds is 3. The molecule has 0 aliphatic rings. The lowest BCUT2D eigenvalue weighted by molar-refractivity contribution is -0.120. The summed E-state index contributed by atoms with van der Waals surface area (Å²) in [5.41, 5.74) is 7.28. The molecule has 0 spiro atoms. The SMILES string of the molecule is CCN(C(=O)CC(C)(C)C)c1ccc(N)cc1. The van der Waals surface area contributed by atoms with Crippen LogP contribution in [-0.4, -0.2) is 12.5 Å². The number of nitrogens with two attached hydrogens (primary N) is 1. The predicted octanol–water partition coefficient (Wildman–Crippen LogP) is 3.06. The van der Waals surface area contributed by atoms with E-state index in [0.717, 1.165) is 5.69 Å². The van der Waals surface area contributed by atoms with E-state index in [-0.39, 0.29) is 11.3 Å². The van der Waals surface area contributed by atoms with E-state index in [9.17, 15) is 4.79 Å². The molecule has 0 heterocycles. The maximum Gasteiger partial charge on any atom is 0.227 e. The van der Waals surface area contributed by atoms with Gasteiger partial charge in [-0.3, -0.25) is 4.79 Å². The molecule has 1 aromatic rings. The Balaban J connectivity index is 2.84. The predicted molar refractivity (Wildman–Crippen MR) is 73.0 cm³/mol. The highest BCUT2D eigenvalue weighted by Crippen LogP contribution is 2.23. The Labute approximate surface area is 104 Å². The van der Waals surface area contributed by atoms with Crippen LogP contribution in [0.2, 0.25) is 0 Å². The molecule has 0 saturated carbocycles. The molecule has 3 heteroatoms. The minimum absolute atomic E-state index is 0.0122. The minimum Gasteiger partial charge on any atom is -0.399 e. The van der Waals surface area contributed by atoms with Gasteiger partial charge in [-0.15, -0.1) is 0 Å². The molecule has 0 atom stereocenters. The molecule has 0 aliphatic heterocycles. The smallest absolute Gasteiger partial charge is 0.227 e. The van der Waals surface area contributed by atoms with Crippen molar-refractivity contribution in [2.75, 3.05) is 17.2 Å². The fraction of sp³-hybridized carbons (Fsp3) is 0.500. The van der Waals surface area contributed by atoms with Crippen molar-refractivity contribution < 1.29 is 4.79 Å². The van der Waals surface area contributed by atoms with Crippen LogP contribution in [0.5, 0.6) is 0 Å². The normalized spacial score (nSPS) is 11.3. The van der Waals surface area contributed by atoms with Crippen LogP contribution in [0.15, 0.2) is 24.3 Å². The summed E-state index contributed by atoms with van der Waals surface area (Å²) in [6.45, 7) is 8.88. The summed E-state index contributed by atoms with van der Waals surface area (Å²) in [5, 5.41) is 0. The minimum atomic E-state index is 0.0122. The molecule has 0 saturated heterocycles. The first-order chi connectivity index (χ1) is 7.83. The zero-order valence-electron chi connectivity index (χ0n) is 11.2. The van der Waals surface area contributed by atoms with Crippen molar-refractivity contribution in [2.45, 2.75) is 34.1 Å². The molecule has 0 aromatic heterocycles. The molecular formula is C14H22N2O. The molecule has 94 valence electrons. The van der Waals surface area contributed by atoms with Crippen LogP contribution in [0.3, 0.4) is 0 Å². The van der Waals surface area contributed by atoms with Crippen molar-refractivity contribution in [3.05, 3.63) is 24.3 Å². The van der Waals surface area contributed by atoms with Gasteiger partial charge in [-0.2, -0.15) is 0 Å². The van der Waals surface area contributed by atoms with Crippen molar-refractivity contribution >= 4 is 17.3 Å². The standard InChI is InChI=1S/C14H22N2O/c1-5-16(13(17)10-14(2,3)4)12-8-6-11(15)7-9-12/h6-9H,5,10,15H2,1-4H3. The molecule has 0 fully saturated rings. The first-order valence-electron chi connectivity index (χ1n) is 5.99. The topological polar surface area (TPSA) is 46.3 Å². The van der Waals surface area contributed by atoms with Crippen LogP contribution in [-0.2, 0) is 4.79 Å². The van der Waals surface area contributed by atoms with Crippen LogP contribution < -0.4 is 10.6 Å². The number of carbonyl (C=O) groups is 1. The van der Waals surface area contributed by atoms with E-state index in [1.54, 1.807) is 4.90 Å². The number of amides is 1. The van der Waals surface area contributed by atoms with E-state index >= 15 is 0 Å². The Morgan fingerprint density at radius 3 is 2.18 bits per heavy atom. The lowest BCUT2D eigenvalue weighted by atomic mass is 9.91. The Morgan fingerprint density at radius 1 is 1.24 bits per heavy atom. The van der Waals surface area contributed by atoms with E-state index in [1.165, 1.54) is 0 Å². The molecule has 0 unspecified atom stereocenters. The molecule has 1 amide bonds. The quantitative estimate of drug-likeness (QED) is 0.817. The van der Waals surface area contributed by atoms with Crippen molar-refractivity contribution in [1.82, 2.24) is 0 Å². The summed E-state index contributed by atoms with van der Waals surface area (Å²) in [6, 6.07) is 7.42. The average molecular weight is 234 g/mol. The molecule has 1 aromatic carbocycles. The molecule has 0 aliphatic carbocycles. The lowest BCUT2D eigenvalue weighted by Gasteiger charge is -2.25. The Hall–Kier alpha value is -1.51. The highest BCUT2D eigenvalue weighted by Gasteiger charge is 2.21. The molecular weight excluding hydrogens is 212 g/mol. The number of hydrogen-bond donors (Lipinski definition) is 1. The summed E-state index contributed by atoms with van der Waals surface area (Å²) in [5.74, 6) is 0.157. The summed E-state index contributed by atoms with van der Waals surface area (Å²) < 4.78 is 0. The number of anilines is 2. The average Bonchev–Trinajstić information content (AvgIpc) is 2.19. The first-order valence-corrected chi connectivity index (χ1v) is 5.99. The summed E-state index contributed by atoms with van der Waals surface area (Å²) in [7, 11) is 0. The molecule has 0 bridgehead atoms. The first kappa shape index (κ1) is 13.6. The van der Waals surface area contributed by atoms with E-state index in [4.69, 9.17) is 5.73 Å². The number of carbonyl (C=O) groups excluding carboxylic acids is 1. The summed E-state index contributed by atoms with van der Waals surface area (Å²) in [6.07, 6.45) is 0.547. The molecule has 1 rings (SSSR count). The van der Waals surface area contributed by atoms with Gasteiger partial charge in [0.15, 0.2) is 0 Å². The molecule has 3 nitrogen and oxygen atoms in total. The third-order valence-corrected chi connectivity index (χ3v) is 2.50. The summed E-state index contributed by atoms with van der Waals surface area (Å²) >= 11 is 0. The van der Waals surface area contributed by atoms with Crippen LogP contribution in [0, 0.1) is 5.41 Å². The number of nitrogen functional groups attached to an aromatic ring is 1. The Morgan fingerprint density at radius 2 is 1.76 bits per heavy atom. The Bertz CT molecular complexity index is 376. The fourth-order valence-electron chi connectivity index (χ4n) is 1.71. The highest BCUT2D eigenvalue weighted by molar-refractivity contribution is 5.93. The number of hydrogen-bond acceptors (Lipinski definition) is 2. The van der Waals surface area contributed by atoms with E-state index in [1.807, 2.05) is 31.2 Å². The van der Waals surface area contributed by atoms with Crippen LogP contribution in [0.1, 0.15) is 34.1 Å². The van der Waals surface area contributed by atoms with Gasteiger partial charge >= 0.3 is 0 Å². The van der Waals surface area contributed by atoms with Gasteiger partial charge < -0.3 is 10.6 Å². The number of nitrogens with zero attached hydrogens (tertiary/aromatic N) is 1. The second-order valence-corrected chi connectivity index (χ2v) is 5.47. The van der Waals surface area contributed by atoms with Crippen molar-refractivity contribution in [2.24, 2.45) is 5.41 Å². The van der Waals surface area contributed by atoms with Crippen molar-refractivity contribution in [1.29, 1.82) is 0 Å². The van der Waals surface area contributed by atoms with E-state index in [0.29, 0.717) is 18.7 Å². The van der Waals surface area contributed by atoms with Crippen molar-refractivity contribution in [3.63, 3.8) is 0 Å². The van der Waals surface area contributed by atoms with Crippen LogP contribution in [0.4, 0.5) is 11.4 Å². The van der Waals surface area contributed by atoms with Gasteiger partial charge in [0, 0.05) is 24.3 Å². The number of benzene rings is 1. The second-order valence-electron chi connectivity index (χ2n) is 5.47. The Kier molecular flexibility index (Phi) is 4.16. The van der Waals surface area contributed by atoms with Gasteiger partial charge in [0.25, 0.3) is 0 Å². The van der Waals surface area contributed by atoms with Crippen LogP contribution in [0.25, 0.3) is 0 Å².